The summed E-state index contributed by atoms with van der Waals surface area (Å²) in [7, 11) is 0. The van der Waals surface area contributed by atoms with Crippen molar-refractivity contribution in [2.45, 2.75) is 39.1 Å². The van der Waals surface area contributed by atoms with Crippen LogP contribution in [0.25, 0.3) is 0 Å². The molecule has 0 radical (unpaired) electrons. The molecule has 0 spiro atoms. The van der Waals surface area contributed by atoms with Gasteiger partial charge in [-0.1, -0.05) is 18.2 Å². The Bertz CT molecular complexity index is 828. The van der Waals surface area contributed by atoms with Crippen LogP contribution in [0.2, 0.25) is 0 Å². The van der Waals surface area contributed by atoms with Gasteiger partial charge in [0.1, 0.15) is 5.60 Å². The highest BCUT2D eigenvalue weighted by molar-refractivity contribution is 5.92. The average molecular weight is 339 g/mol. The SMILES string of the molecule is CC1(C)Cc2cccc(OCC(=O)Nc3ccc4c(c3)COC4)c2O1. The van der Waals surface area contributed by atoms with Crippen molar-refractivity contribution in [2.75, 3.05) is 11.9 Å². The van der Waals surface area contributed by atoms with Crippen molar-refractivity contribution in [1.82, 2.24) is 0 Å². The Morgan fingerprint density at radius 3 is 2.88 bits per heavy atom. The van der Waals surface area contributed by atoms with Gasteiger partial charge in [0.2, 0.25) is 0 Å². The molecule has 25 heavy (non-hydrogen) atoms. The first-order valence-electron chi connectivity index (χ1n) is 8.43. The van der Waals surface area contributed by atoms with E-state index in [9.17, 15) is 4.79 Å². The highest BCUT2D eigenvalue weighted by Crippen LogP contribution is 2.41. The Labute approximate surface area is 146 Å². The van der Waals surface area contributed by atoms with Gasteiger partial charge < -0.3 is 19.5 Å². The van der Waals surface area contributed by atoms with Gasteiger partial charge >= 0.3 is 0 Å². The molecule has 5 heteroatoms. The standard InChI is InChI=1S/C20H21NO4/c1-20(2)9-13-4-3-5-17(19(13)25-20)24-12-18(22)21-16-7-6-14-10-23-11-15(14)8-16/h3-8H,9-12H2,1-2H3,(H,21,22). The molecular weight excluding hydrogens is 318 g/mol. The Kier molecular flexibility index (Phi) is 3.88. The van der Waals surface area contributed by atoms with E-state index in [-0.39, 0.29) is 18.1 Å². The molecule has 0 fully saturated rings. The predicted molar refractivity (Wildman–Crippen MR) is 93.9 cm³/mol. The molecule has 0 unspecified atom stereocenters. The zero-order chi connectivity index (χ0) is 17.4. The van der Waals surface area contributed by atoms with Gasteiger partial charge in [-0.25, -0.2) is 0 Å². The molecule has 5 nitrogen and oxygen atoms in total. The first-order valence-corrected chi connectivity index (χ1v) is 8.43. The minimum Gasteiger partial charge on any atom is -0.483 e. The fourth-order valence-corrected chi connectivity index (χ4v) is 3.29. The molecule has 1 N–H and O–H groups in total. The zero-order valence-corrected chi connectivity index (χ0v) is 14.4. The molecule has 0 atom stereocenters. The zero-order valence-electron chi connectivity index (χ0n) is 14.4. The summed E-state index contributed by atoms with van der Waals surface area (Å²) in [6.07, 6.45) is 0.836. The number of nitrogens with one attached hydrogen (secondary N) is 1. The van der Waals surface area contributed by atoms with Crippen molar-refractivity contribution in [3.05, 3.63) is 53.1 Å². The van der Waals surface area contributed by atoms with Crippen molar-refractivity contribution < 1.29 is 19.0 Å². The Balaban J connectivity index is 1.39. The Morgan fingerprint density at radius 2 is 2.00 bits per heavy atom. The molecule has 2 heterocycles. The summed E-state index contributed by atoms with van der Waals surface area (Å²) in [6.45, 7) is 5.26. The van der Waals surface area contributed by atoms with Gasteiger partial charge in [0.15, 0.2) is 18.1 Å². The lowest BCUT2D eigenvalue weighted by molar-refractivity contribution is -0.118. The normalized spacial score (nSPS) is 16.7. The van der Waals surface area contributed by atoms with Crippen LogP contribution in [0.1, 0.15) is 30.5 Å². The van der Waals surface area contributed by atoms with E-state index in [2.05, 4.69) is 5.32 Å². The number of carbonyl (C=O) groups excluding carboxylic acids is 1. The third-order valence-electron chi connectivity index (χ3n) is 4.42. The molecule has 2 aromatic carbocycles. The van der Waals surface area contributed by atoms with Gasteiger partial charge in [0.05, 0.1) is 13.2 Å². The number of hydrogen-bond donors (Lipinski definition) is 1. The van der Waals surface area contributed by atoms with E-state index in [1.807, 2.05) is 50.2 Å². The van der Waals surface area contributed by atoms with Crippen LogP contribution in [0.15, 0.2) is 36.4 Å². The van der Waals surface area contributed by atoms with E-state index in [0.717, 1.165) is 29.0 Å². The Hall–Kier alpha value is -2.53. The van der Waals surface area contributed by atoms with E-state index >= 15 is 0 Å². The summed E-state index contributed by atoms with van der Waals surface area (Å²) in [5, 5.41) is 2.87. The summed E-state index contributed by atoms with van der Waals surface area (Å²) < 4.78 is 17.1. The molecule has 130 valence electrons. The van der Waals surface area contributed by atoms with Gasteiger partial charge in [0.25, 0.3) is 5.91 Å². The summed E-state index contributed by atoms with van der Waals surface area (Å²) >= 11 is 0. The molecule has 0 bridgehead atoms. The van der Waals surface area contributed by atoms with Crippen molar-refractivity contribution >= 4 is 11.6 Å². The molecular formula is C20H21NO4. The molecule has 0 saturated heterocycles. The summed E-state index contributed by atoms with van der Waals surface area (Å²) in [5.74, 6) is 1.16. The van der Waals surface area contributed by atoms with E-state index in [0.29, 0.717) is 19.0 Å². The van der Waals surface area contributed by atoms with Crippen LogP contribution in [0.5, 0.6) is 11.5 Å². The van der Waals surface area contributed by atoms with Crippen molar-refractivity contribution in [2.24, 2.45) is 0 Å². The quantitative estimate of drug-likeness (QED) is 0.927. The van der Waals surface area contributed by atoms with Gasteiger partial charge in [0, 0.05) is 17.7 Å². The highest BCUT2D eigenvalue weighted by atomic mass is 16.5. The summed E-state index contributed by atoms with van der Waals surface area (Å²) in [6, 6.07) is 11.6. The van der Waals surface area contributed by atoms with E-state index in [4.69, 9.17) is 14.2 Å². The number of ether oxygens (including phenoxy) is 3. The van der Waals surface area contributed by atoms with Gasteiger partial charge in [-0.15, -0.1) is 0 Å². The minimum atomic E-state index is -0.240. The molecule has 0 aliphatic carbocycles. The lowest BCUT2D eigenvalue weighted by Gasteiger charge is -2.18. The number of amides is 1. The highest BCUT2D eigenvalue weighted by Gasteiger charge is 2.32. The van der Waals surface area contributed by atoms with E-state index < -0.39 is 0 Å². The van der Waals surface area contributed by atoms with Crippen molar-refractivity contribution in [1.29, 1.82) is 0 Å². The summed E-state index contributed by atoms with van der Waals surface area (Å²) in [4.78, 5) is 12.2. The largest absolute Gasteiger partial charge is 0.483 e. The number of hydrogen-bond acceptors (Lipinski definition) is 4. The monoisotopic (exact) mass is 339 g/mol. The fraction of sp³-hybridized carbons (Fsp3) is 0.350. The molecule has 2 aliphatic heterocycles. The summed E-state index contributed by atoms with van der Waals surface area (Å²) in [5.41, 5.74) is 3.93. The molecule has 2 aromatic rings. The van der Waals surface area contributed by atoms with E-state index in [1.165, 1.54) is 5.56 Å². The second kappa shape index (κ2) is 6.08. The second-order valence-corrected chi connectivity index (χ2v) is 7.10. The van der Waals surface area contributed by atoms with Crippen LogP contribution in [-0.2, 0) is 29.2 Å². The number of anilines is 1. The lowest BCUT2D eigenvalue weighted by atomic mass is 10.0. The van der Waals surface area contributed by atoms with Crippen molar-refractivity contribution in [3.63, 3.8) is 0 Å². The van der Waals surface area contributed by atoms with Gasteiger partial charge in [-0.05, 0) is 43.2 Å². The number of benzene rings is 2. The second-order valence-electron chi connectivity index (χ2n) is 7.10. The predicted octanol–water partition coefficient (Wildman–Crippen LogP) is 3.45. The maximum absolute atomic E-state index is 12.2. The van der Waals surface area contributed by atoms with Crippen molar-refractivity contribution in [3.8, 4) is 11.5 Å². The average Bonchev–Trinajstić information content (AvgIpc) is 3.14. The minimum absolute atomic E-state index is 0.0617. The topological polar surface area (TPSA) is 56.8 Å². The smallest absolute Gasteiger partial charge is 0.262 e. The van der Waals surface area contributed by atoms with Crippen LogP contribution in [0.4, 0.5) is 5.69 Å². The molecule has 2 aliphatic rings. The Morgan fingerprint density at radius 1 is 1.16 bits per heavy atom. The number of fused-ring (bicyclic) bond motifs is 2. The van der Waals surface area contributed by atoms with Crippen LogP contribution in [-0.4, -0.2) is 18.1 Å². The van der Waals surface area contributed by atoms with Crippen LogP contribution in [0, 0.1) is 0 Å². The van der Waals surface area contributed by atoms with Gasteiger partial charge in [-0.3, -0.25) is 4.79 Å². The third-order valence-corrected chi connectivity index (χ3v) is 4.42. The maximum atomic E-state index is 12.2. The fourth-order valence-electron chi connectivity index (χ4n) is 3.29. The molecule has 0 saturated carbocycles. The van der Waals surface area contributed by atoms with Crippen LogP contribution < -0.4 is 14.8 Å². The first-order chi connectivity index (χ1) is 12.0. The molecule has 1 amide bonds. The number of rotatable bonds is 4. The lowest BCUT2D eigenvalue weighted by Crippen LogP contribution is -2.25. The first kappa shape index (κ1) is 16.0. The van der Waals surface area contributed by atoms with Crippen LogP contribution >= 0.6 is 0 Å². The number of carbonyl (C=O) groups is 1. The number of para-hydroxylation sites is 1. The maximum Gasteiger partial charge on any atom is 0.262 e. The van der Waals surface area contributed by atoms with Gasteiger partial charge in [-0.2, -0.15) is 0 Å². The molecule has 4 rings (SSSR count). The van der Waals surface area contributed by atoms with Crippen LogP contribution in [0.3, 0.4) is 0 Å². The molecule has 0 aromatic heterocycles. The third kappa shape index (κ3) is 3.33. The van der Waals surface area contributed by atoms with E-state index in [1.54, 1.807) is 0 Å².